The van der Waals surface area contributed by atoms with Gasteiger partial charge < -0.3 is 10.1 Å². The predicted molar refractivity (Wildman–Crippen MR) is 72.7 cm³/mol. The monoisotopic (exact) mass is 267 g/mol. The number of ether oxygens (including phenoxy) is 1. The SMILES string of the molecule is COc1cc(C)c(Cl)cc1C(=O)CC1CCNC1. The van der Waals surface area contributed by atoms with Crippen molar-refractivity contribution in [3.05, 3.63) is 28.3 Å². The van der Waals surface area contributed by atoms with Gasteiger partial charge in [-0.2, -0.15) is 0 Å². The first-order valence-corrected chi connectivity index (χ1v) is 6.57. The van der Waals surface area contributed by atoms with Crippen LogP contribution in [0.15, 0.2) is 12.1 Å². The number of Topliss-reactive ketones (excluding diaryl/α,β-unsaturated/α-hetero) is 1. The summed E-state index contributed by atoms with van der Waals surface area (Å²) < 4.78 is 5.27. The molecule has 0 radical (unpaired) electrons. The fraction of sp³-hybridized carbons (Fsp3) is 0.500. The van der Waals surface area contributed by atoms with E-state index in [2.05, 4.69) is 5.32 Å². The number of hydrogen-bond acceptors (Lipinski definition) is 3. The molecule has 1 aliphatic heterocycles. The molecule has 1 aromatic carbocycles. The van der Waals surface area contributed by atoms with Gasteiger partial charge in [0.2, 0.25) is 0 Å². The Morgan fingerprint density at radius 1 is 1.56 bits per heavy atom. The Hall–Kier alpha value is -1.06. The highest BCUT2D eigenvalue weighted by Crippen LogP contribution is 2.29. The first-order valence-electron chi connectivity index (χ1n) is 6.20. The fourth-order valence-electron chi connectivity index (χ4n) is 2.30. The van der Waals surface area contributed by atoms with Crippen molar-refractivity contribution in [2.24, 2.45) is 5.92 Å². The van der Waals surface area contributed by atoms with Crippen molar-refractivity contribution < 1.29 is 9.53 Å². The number of aryl methyl sites for hydroxylation is 1. The van der Waals surface area contributed by atoms with Crippen molar-refractivity contribution in [3.8, 4) is 5.75 Å². The topological polar surface area (TPSA) is 38.3 Å². The summed E-state index contributed by atoms with van der Waals surface area (Å²) in [6.07, 6.45) is 1.62. The van der Waals surface area contributed by atoms with E-state index in [-0.39, 0.29) is 5.78 Å². The third kappa shape index (κ3) is 2.85. The molecule has 18 heavy (non-hydrogen) atoms. The third-order valence-electron chi connectivity index (χ3n) is 3.42. The number of carbonyl (C=O) groups is 1. The van der Waals surface area contributed by atoms with Crippen LogP contribution in [-0.2, 0) is 0 Å². The quantitative estimate of drug-likeness (QED) is 0.853. The van der Waals surface area contributed by atoms with Crippen LogP contribution in [0, 0.1) is 12.8 Å². The first-order chi connectivity index (χ1) is 8.61. The highest BCUT2D eigenvalue weighted by Gasteiger charge is 2.21. The van der Waals surface area contributed by atoms with Gasteiger partial charge in [-0.25, -0.2) is 0 Å². The summed E-state index contributed by atoms with van der Waals surface area (Å²) in [7, 11) is 1.58. The lowest BCUT2D eigenvalue weighted by Gasteiger charge is -2.12. The van der Waals surface area contributed by atoms with E-state index in [1.807, 2.05) is 13.0 Å². The molecule has 0 saturated carbocycles. The van der Waals surface area contributed by atoms with E-state index in [1.54, 1.807) is 13.2 Å². The van der Waals surface area contributed by atoms with Crippen molar-refractivity contribution in [2.75, 3.05) is 20.2 Å². The van der Waals surface area contributed by atoms with Gasteiger partial charge in [-0.3, -0.25) is 4.79 Å². The number of carbonyl (C=O) groups excluding carboxylic acids is 1. The Kier molecular flexibility index (Phi) is 4.25. The zero-order valence-corrected chi connectivity index (χ0v) is 11.5. The number of ketones is 1. The van der Waals surface area contributed by atoms with Crippen LogP contribution in [-0.4, -0.2) is 26.0 Å². The van der Waals surface area contributed by atoms with Gasteiger partial charge in [-0.15, -0.1) is 0 Å². The smallest absolute Gasteiger partial charge is 0.166 e. The zero-order chi connectivity index (χ0) is 13.1. The van der Waals surface area contributed by atoms with E-state index >= 15 is 0 Å². The summed E-state index contributed by atoms with van der Waals surface area (Å²) in [5.74, 6) is 1.16. The van der Waals surface area contributed by atoms with Gasteiger partial charge >= 0.3 is 0 Å². The van der Waals surface area contributed by atoms with Gasteiger partial charge in [0.1, 0.15) is 5.75 Å². The maximum atomic E-state index is 12.3. The summed E-state index contributed by atoms with van der Waals surface area (Å²) in [6, 6.07) is 3.54. The second-order valence-electron chi connectivity index (χ2n) is 4.79. The molecule has 0 aromatic heterocycles. The minimum atomic E-state index is 0.113. The first kappa shape index (κ1) is 13.4. The fourth-order valence-corrected chi connectivity index (χ4v) is 2.47. The molecule has 0 aliphatic carbocycles. The van der Waals surface area contributed by atoms with Crippen LogP contribution >= 0.6 is 11.6 Å². The zero-order valence-electron chi connectivity index (χ0n) is 10.8. The van der Waals surface area contributed by atoms with Crippen LogP contribution in [0.2, 0.25) is 5.02 Å². The Morgan fingerprint density at radius 3 is 2.94 bits per heavy atom. The van der Waals surface area contributed by atoms with Crippen LogP contribution in [0.4, 0.5) is 0 Å². The Balaban J connectivity index is 2.20. The summed E-state index contributed by atoms with van der Waals surface area (Å²) >= 11 is 6.08. The molecule has 1 aliphatic rings. The van der Waals surface area contributed by atoms with E-state index in [4.69, 9.17) is 16.3 Å². The van der Waals surface area contributed by atoms with Gasteiger partial charge in [0, 0.05) is 11.4 Å². The summed E-state index contributed by atoms with van der Waals surface area (Å²) in [5, 5.41) is 3.88. The molecule has 1 atom stereocenters. The molecular formula is C14H18ClNO2. The van der Waals surface area contributed by atoms with E-state index in [9.17, 15) is 4.79 Å². The number of rotatable bonds is 4. The number of hydrogen-bond donors (Lipinski definition) is 1. The molecule has 0 bridgehead atoms. The number of benzene rings is 1. The minimum Gasteiger partial charge on any atom is -0.496 e. The van der Waals surface area contributed by atoms with Crippen molar-refractivity contribution in [3.63, 3.8) is 0 Å². The van der Waals surface area contributed by atoms with Crippen molar-refractivity contribution in [1.82, 2.24) is 5.32 Å². The molecular weight excluding hydrogens is 250 g/mol. The van der Waals surface area contributed by atoms with Gasteiger partial charge in [0.25, 0.3) is 0 Å². The molecule has 3 nitrogen and oxygen atoms in total. The molecule has 4 heteroatoms. The van der Waals surface area contributed by atoms with Gasteiger partial charge in [0.05, 0.1) is 12.7 Å². The summed E-state index contributed by atoms with van der Waals surface area (Å²) in [5.41, 5.74) is 1.52. The van der Waals surface area contributed by atoms with Gasteiger partial charge in [0.15, 0.2) is 5.78 Å². The molecule has 1 fully saturated rings. The maximum Gasteiger partial charge on any atom is 0.166 e. The molecule has 0 spiro atoms. The average Bonchev–Trinajstić information content (AvgIpc) is 2.84. The van der Waals surface area contributed by atoms with Crippen LogP contribution in [0.25, 0.3) is 0 Å². The third-order valence-corrected chi connectivity index (χ3v) is 3.82. The lowest BCUT2D eigenvalue weighted by atomic mass is 9.96. The number of nitrogens with one attached hydrogen (secondary N) is 1. The van der Waals surface area contributed by atoms with Crippen molar-refractivity contribution >= 4 is 17.4 Å². The molecule has 0 amide bonds. The summed E-state index contributed by atoms with van der Waals surface area (Å²) in [6.45, 7) is 3.83. The predicted octanol–water partition coefficient (Wildman–Crippen LogP) is 2.84. The van der Waals surface area contributed by atoms with Crippen molar-refractivity contribution in [2.45, 2.75) is 19.8 Å². The van der Waals surface area contributed by atoms with E-state index < -0.39 is 0 Å². The van der Waals surface area contributed by atoms with Gasteiger partial charge in [-0.1, -0.05) is 11.6 Å². The molecule has 1 N–H and O–H groups in total. The number of halogens is 1. The highest BCUT2D eigenvalue weighted by molar-refractivity contribution is 6.31. The second kappa shape index (κ2) is 5.72. The number of methoxy groups -OCH3 is 1. The molecule has 1 unspecified atom stereocenters. The molecule has 2 rings (SSSR count). The Morgan fingerprint density at radius 2 is 2.33 bits per heavy atom. The molecule has 1 heterocycles. The van der Waals surface area contributed by atoms with Gasteiger partial charge in [-0.05, 0) is 50.0 Å². The normalized spacial score (nSPS) is 18.9. The van der Waals surface area contributed by atoms with Crippen LogP contribution in [0.1, 0.15) is 28.8 Å². The van der Waals surface area contributed by atoms with Crippen molar-refractivity contribution in [1.29, 1.82) is 0 Å². The molecule has 98 valence electrons. The standard InChI is InChI=1S/C14H18ClNO2/c1-9-5-14(18-2)11(7-12(9)15)13(17)6-10-3-4-16-8-10/h5,7,10,16H,3-4,6,8H2,1-2H3. The lowest BCUT2D eigenvalue weighted by Crippen LogP contribution is -2.13. The lowest BCUT2D eigenvalue weighted by molar-refractivity contribution is 0.0961. The highest BCUT2D eigenvalue weighted by atomic mass is 35.5. The molecule has 1 saturated heterocycles. The second-order valence-corrected chi connectivity index (χ2v) is 5.20. The van der Waals surface area contributed by atoms with E-state index in [0.717, 1.165) is 25.1 Å². The van der Waals surface area contributed by atoms with Crippen LogP contribution in [0.5, 0.6) is 5.75 Å². The van der Waals surface area contributed by atoms with E-state index in [1.165, 1.54) is 0 Å². The Labute approximate surface area is 112 Å². The largest absolute Gasteiger partial charge is 0.496 e. The van der Waals surface area contributed by atoms with Crippen LogP contribution in [0.3, 0.4) is 0 Å². The Bertz CT molecular complexity index is 453. The summed E-state index contributed by atoms with van der Waals surface area (Å²) in [4.78, 5) is 12.3. The minimum absolute atomic E-state index is 0.113. The molecule has 1 aromatic rings. The van der Waals surface area contributed by atoms with E-state index in [0.29, 0.717) is 28.7 Å². The average molecular weight is 268 g/mol. The maximum absolute atomic E-state index is 12.3. The van der Waals surface area contributed by atoms with Crippen LogP contribution < -0.4 is 10.1 Å².